The molecule has 0 fully saturated rings. The van der Waals surface area contributed by atoms with Crippen LogP contribution >= 0.6 is 0 Å². The van der Waals surface area contributed by atoms with E-state index in [-0.39, 0.29) is 10.1 Å². The Kier molecular flexibility index (Phi) is 5.14. The lowest BCUT2D eigenvalue weighted by Gasteiger charge is -2.36. The molecule has 22 heavy (non-hydrogen) atoms. The van der Waals surface area contributed by atoms with Crippen molar-refractivity contribution < 1.29 is 8.85 Å². The zero-order valence-electron chi connectivity index (χ0n) is 15.7. The van der Waals surface area contributed by atoms with Crippen LogP contribution in [0.3, 0.4) is 0 Å². The van der Waals surface area contributed by atoms with Gasteiger partial charge in [0.05, 0.1) is 0 Å². The molecule has 0 bridgehead atoms. The average Bonchev–Trinajstić information content (AvgIpc) is 2.24. The second-order valence-corrected chi connectivity index (χ2v) is 18.3. The predicted molar refractivity (Wildman–Crippen MR) is 95.5 cm³/mol. The van der Waals surface area contributed by atoms with E-state index in [1.54, 1.807) is 6.20 Å². The third kappa shape index (κ3) is 4.52. The number of nitrogens with zero attached hydrogens (tertiary/aromatic N) is 3. The number of hydrogen-bond acceptors (Lipinski definition) is 5. The van der Waals surface area contributed by atoms with Gasteiger partial charge < -0.3 is 8.85 Å². The lowest BCUT2D eigenvalue weighted by atomic mass is 10.2. The fraction of sp³-hybridized carbons (Fsp3) is 0.800. The quantitative estimate of drug-likeness (QED) is 0.747. The van der Waals surface area contributed by atoms with E-state index >= 15 is 0 Å². The minimum atomic E-state index is -1.97. The number of aromatic nitrogens is 3. The molecule has 0 aliphatic rings. The fourth-order valence-corrected chi connectivity index (χ4v) is 2.94. The molecule has 0 unspecified atom stereocenters. The maximum atomic E-state index is 6.17. The highest BCUT2D eigenvalue weighted by Gasteiger charge is 2.41. The van der Waals surface area contributed by atoms with Gasteiger partial charge in [-0.1, -0.05) is 46.6 Å². The Morgan fingerprint density at radius 2 is 1.27 bits per heavy atom. The standard InChI is InChI=1S/C15H31N3O2Si2/c1-14(2,3)21(7,8)19-12-11-16-18-13(17-12)20-22(9,10)15(4,5)6/h11H,1-10H3. The van der Waals surface area contributed by atoms with Crippen LogP contribution in [0.4, 0.5) is 0 Å². The van der Waals surface area contributed by atoms with Crippen LogP contribution in [0.15, 0.2) is 6.20 Å². The Morgan fingerprint density at radius 3 is 1.73 bits per heavy atom. The van der Waals surface area contributed by atoms with Gasteiger partial charge in [-0.05, 0) is 36.3 Å². The predicted octanol–water partition coefficient (Wildman–Crippen LogP) is 4.64. The van der Waals surface area contributed by atoms with Gasteiger partial charge in [-0.3, -0.25) is 0 Å². The van der Waals surface area contributed by atoms with Crippen molar-refractivity contribution in [3.63, 3.8) is 0 Å². The summed E-state index contributed by atoms with van der Waals surface area (Å²) < 4.78 is 12.3. The summed E-state index contributed by atoms with van der Waals surface area (Å²) in [6.07, 6.45) is 1.57. The van der Waals surface area contributed by atoms with Gasteiger partial charge in [0.1, 0.15) is 6.20 Å². The molecular weight excluding hydrogens is 310 g/mol. The molecule has 0 spiro atoms. The lowest BCUT2D eigenvalue weighted by Crippen LogP contribution is -2.45. The zero-order chi connectivity index (χ0) is 17.4. The first-order valence-corrected chi connectivity index (χ1v) is 13.6. The Labute approximate surface area is 137 Å². The van der Waals surface area contributed by atoms with Crippen molar-refractivity contribution in [2.24, 2.45) is 0 Å². The number of hydrogen-bond donors (Lipinski definition) is 0. The zero-order valence-corrected chi connectivity index (χ0v) is 17.7. The van der Waals surface area contributed by atoms with Gasteiger partial charge in [0, 0.05) is 0 Å². The molecule has 0 aromatic carbocycles. The normalized spacial score (nSPS) is 13.9. The molecule has 0 saturated carbocycles. The fourth-order valence-electron chi connectivity index (χ4n) is 1.16. The van der Waals surface area contributed by atoms with Crippen molar-refractivity contribution in [2.45, 2.75) is 77.8 Å². The van der Waals surface area contributed by atoms with E-state index in [4.69, 9.17) is 8.85 Å². The molecule has 0 saturated heterocycles. The molecule has 0 aliphatic heterocycles. The Balaban J connectivity index is 2.97. The molecule has 0 amide bonds. The summed E-state index contributed by atoms with van der Waals surface area (Å²) in [7, 11) is -3.91. The molecule has 7 heteroatoms. The summed E-state index contributed by atoms with van der Waals surface area (Å²) in [5.41, 5.74) is 0. The molecule has 1 aromatic rings. The van der Waals surface area contributed by atoms with Gasteiger partial charge in [-0.2, -0.15) is 4.98 Å². The summed E-state index contributed by atoms with van der Waals surface area (Å²) in [4.78, 5) is 4.42. The van der Waals surface area contributed by atoms with Crippen LogP contribution in [-0.4, -0.2) is 31.8 Å². The molecule has 0 aliphatic carbocycles. The van der Waals surface area contributed by atoms with E-state index in [1.165, 1.54) is 0 Å². The monoisotopic (exact) mass is 341 g/mol. The molecule has 0 N–H and O–H groups in total. The van der Waals surface area contributed by atoms with Crippen LogP contribution < -0.4 is 8.85 Å². The molecule has 126 valence electrons. The van der Waals surface area contributed by atoms with Crippen LogP contribution in [0.5, 0.6) is 11.9 Å². The van der Waals surface area contributed by atoms with Crippen molar-refractivity contribution in [3.8, 4) is 11.9 Å². The molecule has 1 heterocycles. The molecular formula is C15H31N3O2Si2. The lowest BCUT2D eigenvalue weighted by molar-refractivity contribution is 0.423. The van der Waals surface area contributed by atoms with Crippen LogP contribution in [-0.2, 0) is 0 Å². The van der Waals surface area contributed by atoms with Crippen LogP contribution in [0, 0.1) is 0 Å². The smallest absolute Gasteiger partial charge is 0.325 e. The molecule has 1 aromatic heterocycles. The van der Waals surface area contributed by atoms with Gasteiger partial charge in [0.15, 0.2) is 0 Å². The highest BCUT2D eigenvalue weighted by molar-refractivity contribution is 6.75. The highest BCUT2D eigenvalue weighted by atomic mass is 28.4. The second-order valence-electron chi connectivity index (χ2n) is 8.80. The summed E-state index contributed by atoms with van der Waals surface area (Å²) in [5.74, 6) is 0.510. The van der Waals surface area contributed by atoms with Gasteiger partial charge in [0.2, 0.25) is 5.88 Å². The first kappa shape index (κ1) is 19.1. The Hall–Kier alpha value is -0.956. The summed E-state index contributed by atoms with van der Waals surface area (Å²) in [6.45, 7) is 21.8. The third-order valence-corrected chi connectivity index (χ3v) is 13.5. The Morgan fingerprint density at radius 1 is 0.818 bits per heavy atom. The van der Waals surface area contributed by atoms with Crippen LogP contribution in [0.2, 0.25) is 36.3 Å². The van der Waals surface area contributed by atoms with E-state index in [0.29, 0.717) is 11.9 Å². The van der Waals surface area contributed by atoms with Gasteiger partial charge in [0.25, 0.3) is 16.6 Å². The maximum absolute atomic E-state index is 6.17. The van der Waals surface area contributed by atoms with Crippen molar-refractivity contribution in [1.82, 2.24) is 15.2 Å². The summed E-state index contributed by atoms with van der Waals surface area (Å²) >= 11 is 0. The highest BCUT2D eigenvalue weighted by Crippen LogP contribution is 2.38. The van der Waals surface area contributed by atoms with E-state index in [0.717, 1.165) is 0 Å². The van der Waals surface area contributed by atoms with Gasteiger partial charge >= 0.3 is 6.01 Å². The molecule has 0 radical (unpaired) electrons. The molecule has 1 rings (SSSR count). The van der Waals surface area contributed by atoms with Crippen LogP contribution in [0.25, 0.3) is 0 Å². The van der Waals surface area contributed by atoms with Crippen molar-refractivity contribution >= 4 is 16.6 Å². The Bertz CT molecular complexity index is 477. The van der Waals surface area contributed by atoms with E-state index in [1.807, 2.05) is 0 Å². The van der Waals surface area contributed by atoms with Crippen LogP contribution in [0.1, 0.15) is 41.5 Å². The summed E-state index contributed by atoms with van der Waals surface area (Å²) in [6, 6.07) is 0.322. The minimum absolute atomic E-state index is 0.0899. The SMILES string of the molecule is CC(C)(C)[Si](C)(C)Oc1cnnc(O[Si](C)(C)C(C)(C)C)n1. The summed E-state index contributed by atoms with van der Waals surface area (Å²) in [5, 5.41) is 8.22. The van der Waals surface area contributed by atoms with E-state index in [9.17, 15) is 0 Å². The van der Waals surface area contributed by atoms with E-state index < -0.39 is 16.6 Å². The average molecular weight is 342 g/mol. The van der Waals surface area contributed by atoms with Gasteiger partial charge in [-0.15, -0.1) is 5.10 Å². The topological polar surface area (TPSA) is 57.1 Å². The number of rotatable bonds is 4. The second kappa shape index (κ2) is 5.92. The maximum Gasteiger partial charge on any atom is 0.325 e. The van der Waals surface area contributed by atoms with E-state index in [2.05, 4.69) is 82.9 Å². The van der Waals surface area contributed by atoms with Crippen molar-refractivity contribution in [1.29, 1.82) is 0 Å². The van der Waals surface area contributed by atoms with Crippen molar-refractivity contribution in [3.05, 3.63) is 6.20 Å². The molecule has 0 atom stereocenters. The minimum Gasteiger partial charge on any atom is -0.529 e. The molecule has 5 nitrogen and oxygen atoms in total. The largest absolute Gasteiger partial charge is 0.529 e. The van der Waals surface area contributed by atoms with Gasteiger partial charge in [-0.25, -0.2) is 0 Å². The first-order chi connectivity index (χ1) is 9.66. The third-order valence-electron chi connectivity index (χ3n) is 4.84. The first-order valence-electron chi connectivity index (χ1n) is 7.73. The van der Waals surface area contributed by atoms with Crippen molar-refractivity contribution in [2.75, 3.05) is 0 Å².